The Hall–Kier alpha value is -2.71. The molecule has 0 aromatic heterocycles. The zero-order valence-corrected chi connectivity index (χ0v) is 12.2. The Kier molecular flexibility index (Phi) is 4.12. The first-order valence-corrected chi connectivity index (χ1v) is 7.28. The van der Waals surface area contributed by atoms with Crippen molar-refractivity contribution in [2.75, 3.05) is 41.5 Å². The van der Waals surface area contributed by atoms with E-state index in [0.29, 0.717) is 11.3 Å². The number of anilines is 3. The van der Waals surface area contributed by atoms with E-state index in [0.717, 1.165) is 37.6 Å². The van der Waals surface area contributed by atoms with Gasteiger partial charge in [0.15, 0.2) is 0 Å². The molecule has 1 fully saturated rings. The minimum atomic E-state index is 0.579. The second kappa shape index (κ2) is 6.37. The van der Waals surface area contributed by atoms with Gasteiger partial charge in [0, 0.05) is 43.2 Å². The van der Waals surface area contributed by atoms with Crippen LogP contribution in [0, 0.1) is 16.5 Å². The molecule has 0 saturated carbocycles. The smallest absolute Gasteiger partial charge is 0.0992 e. The average Bonchev–Trinajstić information content (AvgIpc) is 2.62. The Labute approximate surface area is 130 Å². The van der Waals surface area contributed by atoms with Crippen LogP contribution in [0.1, 0.15) is 5.56 Å². The maximum Gasteiger partial charge on any atom is 0.0992 e. The molecule has 1 N–H and O–H groups in total. The summed E-state index contributed by atoms with van der Waals surface area (Å²) in [5.41, 5.74) is 5.40. The summed E-state index contributed by atoms with van der Waals surface area (Å²) in [6.07, 6.45) is 0. The van der Waals surface area contributed by atoms with Gasteiger partial charge in [-0.05, 0) is 42.5 Å². The highest BCUT2D eigenvalue weighted by molar-refractivity contribution is 5.57. The van der Waals surface area contributed by atoms with Gasteiger partial charge in [-0.15, -0.1) is 0 Å². The van der Waals surface area contributed by atoms with Crippen LogP contribution >= 0.6 is 0 Å². The minimum absolute atomic E-state index is 0.579. The molecule has 5 nitrogen and oxygen atoms in total. The zero-order chi connectivity index (χ0) is 15.4. The third-order valence-corrected chi connectivity index (χ3v) is 3.97. The number of piperazine rings is 1. The van der Waals surface area contributed by atoms with Crippen LogP contribution in [0.3, 0.4) is 0 Å². The molecule has 22 heavy (non-hydrogen) atoms. The summed E-state index contributed by atoms with van der Waals surface area (Å²) < 4.78 is 0. The molecular formula is C17H17N4O-. The average molecular weight is 293 g/mol. The number of nitriles is 1. The van der Waals surface area contributed by atoms with Gasteiger partial charge in [0.25, 0.3) is 0 Å². The van der Waals surface area contributed by atoms with Crippen LogP contribution in [0.4, 0.5) is 17.1 Å². The summed E-state index contributed by atoms with van der Waals surface area (Å²) in [6, 6.07) is 17.4. The van der Waals surface area contributed by atoms with Crippen LogP contribution in [0.5, 0.6) is 0 Å². The fraction of sp³-hybridized carbons (Fsp3) is 0.235. The van der Waals surface area contributed by atoms with Crippen molar-refractivity contribution in [3.8, 4) is 6.07 Å². The first-order chi connectivity index (χ1) is 10.8. The van der Waals surface area contributed by atoms with Crippen molar-refractivity contribution in [1.29, 1.82) is 5.26 Å². The summed E-state index contributed by atoms with van der Waals surface area (Å²) in [6.45, 7) is 3.66. The normalized spacial score (nSPS) is 14.5. The summed E-state index contributed by atoms with van der Waals surface area (Å²) in [5, 5.41) is 19.6. The molecule has 2 aromatic carbocycles. The number of nitrogens with zero attached hydrogens (tertiary/aromatic N) is 3. The molecule has 0 bridgehead atoms. The number of benzene rings is 2. The van der Waals surface area contributed by atoms with Crippen molar-refractivity contribution in [2.45, 2.75) is 0 Å². The molecule has 2 aromatic rings. The topological polar surface area (TPSA) is 65.4 Å². The molecule has 1 saturated heterocycles. The number of rotatable bonds is 3. The second-order valence-electron chi connectivity index (χ2n) is 5.29. The number of hydrogen-bond acceptors (Lipinski definition) is 5. The Bertz CT molecular complexity index is 670. The molecule has 0 spiro atoms. The van der Waals surface area contributed by atoms with Crippen molar-refractivity contribution in [3.63, 3.8) is 0 Å². The highest BCUT2D eigenvalue weighted by atomic mass is 16.5. The van der Waals surface area contributed by atoms with Gasteiger partial charge in [-0.3, -0.25) is 0 Å². The van der Waals surface area contributed by atoms with Crippen molar-refractivity contribution in [3.05, 3.63) is 59.3 Å². The van der Waals surface area contributed by atoms with E-state index in [9.17, 15) is 5.21 Å². The fourth-order valence-corrected chi connectivity index (χ4v) is 2.74. The number of hydrogen-bond donors (Lipinski definition) is 1. The maximum absolute atomic E-state index is 10.6. The Balaban J connectivity index is 1.65. The second-order valence-corrected chi connectivity index (χ2v) is 5.29. The van der Waals surface area contributed by atoms with Crippen molar-refractivity contribution < 1.29 is 0 Å². The van der Waals surface area contributed by atoms with Gasteiger partial charge in [0.1, 0.15) is 0 Å². The molecule has 1 aliphatic rings. The molecule has 112 valence electrons. The van der Waals surface area contributed by atoms with E-state index in [-0.39, 0.29) is 0 Å². The van der Waals surface area contributed by atoms with Crippen molar-refractivity contribution in [2.24, 2.45) is 0 Å². The summed E-state index contributed by atoms with van der Waals surface area (Å²) in [4.78, 5) is 4.60. The van der Waals surface area contributed by atoms with E-state index in [1.807, 2.05) is 41.9 Å². The lowest BCUT2D eigenvalue weighted by Crippen LogP contribution is -2.46. The van der Waals surface area contributed by atoms with Gasteiger partial charge >= 0.3 is 0 Å². The summed E-state index contributed by atoms with van der Waals surface area (Å²) in [5.74, 6) is 0. The largest absolute Gasteiger partial charge is 0.761 e. The monoisotopic (exact) mass is 293 g/mol. The lowest BCUT2D eigenvalue weighted by molar-refractivity contribution is 0.653. The van der Waals surface area contributed by atoms with Gasteiger partial charge in [-0.2, -0.15) is 5.26 Å². The van der Waals surface area contributed by atoms with E-state index in [1.54, 1.807) is 12.1 Å². The van der Waals surface area contributed by atoms with Crippen molar-refractivity contribution in [1.82, 2.24) is 0 Å². The first-order valence-electron chi connectivity index (χ1n) is 7.28. The van der Waals surface area contributed by atoms with Gasteiger partial charge in [-0.1, -0.05) is 6.07 Å². The Morgan fingerprint density at radius 3 is 2.14 bits per heavy atom. The zero-order valence-electron chi connectivity index (χ0n) is 12.2. The van der Waals surface area contributed by atoms with Crippen LogP contribution in [-0.4, -0.2) is 26.2 Å². The fourth-order valence-electron chi connectivity index (χ4n) is 2.74. The summed E-state index contributed by atoms with van der Waals surface area (Å²) >= 11 is 0. The number of nitrogens with one attached hydrogen (secondary N) is 1. The van der Waals surface area contributed by atoms with Crippen LogP contribution in [0.15, 0.2) is 48.5 Å². The third-order valence-electron chi connectivity index (χ3n) is 3.97. The molecule has 0 radical (unpaired) electrons. The van der Waals surface area contributed by atoms with E-state index in [2.05, 4.69) is 15.9 Å². The molecule has 1 heterocycles. The molecule has 3 rings (SSSR count). The van der Waals surface area contributed by atoms with Gasteiger partial charge in [-0.25, -0.2) is 0 Å². The van der Waals surface area contributed by atoms with Crippen LogP contribution < -0.4 is 15.3 Å². The van der Waals surface area contributed by atoms with Gasteiger partial charge < -0.3 is 20.5 Å². The van der Waals surface area contributed by atoms with Gasteiger partial charge in [0.05, 0.1) is 11.6 Å². The SMILES string of the molecule is N#Cc1cccc(N2CCN(c3ccc(N[O-])cc3)CC2)c1. The highest BCUT2D eigenvalue weighted by Crippen LogP contribution is 2.22. The quantitative estimate of drug-likeness (QED) is 0.882. The van der Waals surface area contributed by atoms with E-state index >= 15 is 0 Å². The van der Waals surface area contributed by atoms with Crippen LogP contribution in [0.2, 0.25) is 0 Å². The van der Waals surface area contributed by atoms with E-state index in [4.69, 9.17) is 5.26 Å². The lowest BCUT2D eigenvalue weighted by Gasteiger charge is -2.37. The molecule has 1 aliphatic heterocycles. The van der Waals surface area contributed by atoms with Crippen LogP contribution in [0.25, 0.3) is 0 Å². The summed E-state index contributed by atoms with van der Waals surface area (Å²) in [7, 11) is 0. The van der Waals surface area contributed by atoms with Crippen LogP contribution in [-0.2, 0) is 0 Å². The molecule has 0 amide bonds. The first kappa shape index (κ1) is 14.2. The molecule has 5 heteroatoms. The highest BCUT2D eigenvalue weighted by Gasteiger charge is 2.17. The molecule has 0 aliphatic carbocycles. The Morgan fingerprint density at radius 1 is 0.909 bits per heavy atom. The maximum atomic E-state index is 10.6. The minimum Gasteiger partial charge on any atom is -0.761 e. The van der Waals surface area contributed by atoms with E-state index in [1.165, 1.54) is 0 Å². The van der Waals surface area contributed by atoms with Gasteiger partial charge in [0.2, 0.25) is 0 Å². The molecule has 0 atom stereocenters. The molecular weight excluding hydrogens is 276 g/mol. The third kappa shape index (κ3) is 2.97. The predicted molar refractivity (Wildman–Crippen MR) is 89.0 cm³/mol. The molecule has 0 unspecified atom stereocenters. The van der Waals surface area contributed by atoms with E-state index < -0.39 is 0 Å². The Morgan fingerprint density at radius 2 is 1.55 bits per heavy atom. The van der Waals surface area contributed by atoms with Crippen molar-refractivity contribution >= 4 is 17.1 Å². The lowest BCUT2D eigenvalue weighted by atomic mass is 10.1. The standard InChI is InChI=1S/C17H17N4O/c18-13-14-2-1-3-17(12-14)21-10-8-20(9-11-21)16-6-4-15(19-22)5-7-16/h1-7,12,19H,8-11H2/q-1. The predicted octanol–water partition coefficient (Wildman–Crippen LogP) is 2.79.